The minimum absolute atomic E-state index is 0.0219. The minimum Gasteiger partial charge on any atom is -0.415 e. The van der Waals surface area contributed by atoms with Crippen LogP contribution in [-0.2, 0) is 6.54 Å². The monoisotopic (exact) mass is 396 g/mol. The van der Waals surface area contributed by atoms with E-state index >= 15 is 0 Å². The van der Waals surface area contributed by atoms with Gasteiger partial charge in [0.25, 0.3) is 11.6 Å². The smallest absolute Gasteiger partial charge is 0.274 e. The summed E-state index contributed by atoms with van der Waals surface area (Å²) in [6.45, 7) is 2.77. The Morgan fingerprint density at radius 3 is 2.64 bits per heavy atom. The Kier molecular flexibility index (Phi) is 4.84. The van der Waals surface area contributed by atoms with Gasteiger partial charge in [0, 0.05) is 17.7 Å². The third-order valence-corrected chi connectivity index (χ3v) is 5.68. The lowest BCUT2D eigenvalue weighted by Crippen LogP contribution is -3.07. The highest BCUT2D eigenvalue weighted by atomic mass is 32.1. The van der Waals surface area contributed by atoms with Crippen molar-refractivity contribution in [2.45, 2.75) is 19.5 Å². The molecule has 0 fully saturated rings. The SMILES string of the molecule is C[C@H](c1nnc(-c2ccc([N+](=O)[O-])cc2)o1)[NH+](C)Cc1nc2ccccc2s1. The van der Waals surface area contributed by atoms with E-state index in [1.54, 1.807) is 23.5 Å². The number of rotatable bonds is 6. The van der Waals surface area contributed by atoms with E-state index in [2.05, 4.69) is 28.3 Å². The maximum atomic E-state index is 10.8. The van der Waals surface area contributed by atoms with Gasteiger partial charge in [0.1, 0.15) is 11.6 Å². The molecule has 0 saturated carbocycles. The van der Waals surface area contributed by atoms with Crippen molar-refractivity contribution in [3.05, 3.63) is 69.5 Å². The molecule has 28 heavy (non-hydrogen) atoms. The molecule has 0 radical (unpaired) electrons. The summed E-state index contributed by atoms with van der Waals surface area (Å²) in [5, 5.41) is 20.1. The number of benzene rings is 2. The first-order valence-corrected chi connectivity index (χ1v) is 9.58. The molecule has 4 aromatic rings. The second-order valence-corrected chi connectivity index (χ2v) is 7.68. The maximum absolute atomic E-state index is 10.8. The van der Waals surface area contributed by atoms with Crippen molar-refractivity contribution < 1.29 is 14.2 Å². The van der Waals surface area contributed by atoms with Crippen LogP contribution in [0.25, 0.3) is 21.7 Å². The van der Waals surface area contributed by atoms with Crippen LogP contribution in [0.2, 0.25) is 0 Å². The topological polar surface area (TPSA) is 99.4 Å². The number of thiazole rings is 1. The highest BCUT2D eigenvalue weighted by molar-refractivity contribution is 7.18. The average molecular weight is 396 g/mol. The number of nitro benzene ring substituents is 1. The molecule has 2 aromatic carbocycles. The largest absolute Gasteiger partial charge is 0.415 e. The van der Waals surface area contributed by atoms with Crippen LogP contribution < -0.4 is 4.90 Å². The number of aromatic nitrogens is 3. The van der Waals surface area contributed by atoms with Gasteiger partial charge in [-0.15, -0.1) is 21.5 Å². The zero-order chi connectivity index (χ0) is 19.7. The molecule has 1 N–H and O–H groups in total. The second-order valence-electron chi connectivity index (χ2n) is 6.57. The Hall–Kier alpha value is -3.17. The van der Waals surface area contributed by atoms with Crippen molar-refractivity contribution in [1.29, 1.82) is 0 Å². The lowest BCUT2D eigenvalue weighted by Gasteiger charge is -2.17. The number of para-hydroxylation sites is 1. The van der Waals surface area contributed by atoms with Crippen molar-refractivity contribution in [2.24, 2.45) is 0 Å². The fourth-order valence-corrected chi connectivity index (χ4v) is 3.91. The van der Waals surface area contributed by atoms with E-state index in [0.717, 1.165) is 17.1 Å². The molecule has 0 spiro atoms. The summed E-state index contributed by atoms with van der Waals surface area (Å²) in [4.78, 5) is 16.2. The Morgan fingerprint density at radius 1 is 1.18 bits per heavy atom. The van der Waals surface area contributed by atoms with Gasteiger partial charge in [0.05, 0.1) is 22.2 Å². The molecule has 142 valence electrons. The lowest BCUT2D eigenvalue weighted by molar-refractivity contribution is -0.925. The highest BCUT2D eigenvalue weighted by Gasteiger charge is 2.24. The lowest BCUT2D eigenvalue weighted by atomic mass is 10.2. The van der Waals surface area contributed by atoms with E-state index in [1.807, 2.05) is 25.1 Å². The molecule has 2 atom stereocenters. The first kappa shape index (κ1) is 18.2. The molecular formula is C19H18N5O3S+. The van der Waals surface area contributed by atoms with Crippen LogP contribution in [-0.4, -0.2) is 27.2 Å². The highest BCUT2D eigenvalue weighted by Crippen LogP contribution is 2.23. The van der Waals surface area contributed by atoms with Crippen molar-refractivity contribution in [3.8, 4) is 11.5 Å². The fourth-order valence-electron chi connectivity index (χ4n) is 2.85. The molecule has 0 saturated heterocycles. The molecule has 2 heterocycles. The Balaban J connectivity index is 1.48. The van der Waals surface area contributed by atoms with Crippen molar-refractivity contribution in [2.75, 3.05) is 7.05 Å². The second kappa shape index (κ2) is 7.45. The van der Waals surface area contributed by atoms with Crippen LogP contribution in [0.5, 0.6) is 0 Å². The summed E-state index contributed by atoms with van der Waals surface area (Å²) < 4.78 is 7.00. The van der Waals surface area contributed by atoms with Gasteiger partial charge in [-0.1, -0.05) is 12.1 Å². The van der Waals surface area contributed by atoms with Gasteiger partial charge in [-0.3, -0.25) is 10.1 Å². The number of hydrogen-bond donors (Lipinski definition) is 1. The zero-order valence-corrected chi connectivity index (χ0v) is 16.1. The quantitative estimate of drug-likeness (QED) is 0.397. The molecule has 4 rings (SSSR count). The van der Waals surface area contributed by atoms with Gasteiger partial charge in [-0.2, -0.15) is 0 Å². The molecule has 0 amide bonds. The van der Waals surface area contributed by atoms with E-state index in [4.69, 9.17) is 4.42 Å². The van der Waals surface area contributed by atoms with Crippen LogP contribution in [0.3, 0.4) is 0 Å². The van der Waals surface area contributed by atoms with Crippen LogP contribution in [0.15, 0.2) is 52.9 Å². The molecule has 0 bridgehead atoms. The maximum Gasteiger partial charge on any atom is 0.274 e. The van der Waals surface area contributed by atoms with E-state index in [-0.39, 0.29) is 11.7 Å². The Labute approximate surface area is 164 Å². The van der Waals surface area contributed by atoms with Crippen molar-refractivity contribution >= 4 is 27.2 Å². The van der Waals surface area contributed by atoms with E-state index in [0.29, 0.717) is 17.3 Å². The predicted octanol–water partition coefficient (Wildman–Crippen LogP) is 3.03. The number of non-ortho nitro benzene ring substituents is 1. The van der Waals surface area contributed by atoms with E-state index in [9.17, 15) is 10.1 Å². The molecule has 8 nitrogen and oxygen atoms in total. The van der Waals surface area contributed by atoms with Gasteiger partial charge >= 0.3 is 0 Å². The number of fused-ring (bicyclic) bond motifs is 1. The third kappa shape index (κ3) is 3.62. The molecule has 0 aliphatic carbocycles. The summed E-state index contributed by atoms with van der Waals surface area (Å²) in [6, 6.07) is 14.1. The summed E-state index contributed by atoms with van der Waals surface area (Å²) >= 11 is 1.69. The van der Waals surface area contributed by atoms with Crippen molar-refractivity contribution in [1.82, 2.24) is 15.2 Å². The Bertz CT molecular complexity index is 1090. The summed E-state index contributed by atoms with van der Waals surface area (Å²) in [5.74, 6) is 0.872. The van der Waals surface area contributed by atoms with Crippen molar-refractivity contribution in [3.63, 3.8) is 0 Å². The minimum atomic E-state index is -0.439. The number of nitro groups is 1. The predicted molar refractivity (Wildman–Crippen MR) is 105 cm³/mol. The van der Waals surface area contributed by atoms with Crippen LogP contribution >= 0.6 is 11.3 Å². The van der Waals surface area contributed by atoms with Crippen LogP contribution in [0.4, 0.5) is 5.69 Å². The number of nitrogens with zero attached hydrogens (tertiary/aromatic N) is 4. The van der Waals surface area contributed by atoms with Gasteiger partial charge in [0.2, 0.25) is 5.89 Å². The molecule has 0 aliphatic heterocycles. The summed E-state index contributed by atoms with van der Waals surface area (Å²) in [5.41, 5.74) is 1.69. The average Bonchev–Trinajstić information content (AvgIpc) is 3.34. The van der Waals surface area contributed by atoms with Gasteiger partial charge in [-0.05, 0) is 31.2 Å². The van der Waals surface area contributed by atoms with Crippen LogP contribution in [0.1, 0.15) is 23.9 Å². The number of quaternary nitrogens is 1. The molecule has 9 heteroatoms. The molecule has 1 unspecified atom stereocenters. The van der Waals surface area contributed by atoms with E-state index in [1.165, 1.54) is 21.7 Å². The summed E-state index contributed by atoms with van der Waals surface area (Å²) in [7, 11) is 2.06. The zero-order valence-electron chi connectivity index (χ0n) is 15.3. The van der Waals surface area contributed by atoms with E-state index < -0.39 is 4.92 Å². The first-order valence-electron chi connectivity index (χ1n) is 8.76. The number of hydrogen-bond acceptors (Lipinski definition) is 7. The normalized spacial score (nSPS) is 13.5. The first-order chi connectivity index (χ1) is 13.5. The number of nitrogens with one attached hydrogen (secondary N) is 1. The molecule has 0 aliphatic rings. The standard InChI is InChI=1S/C19H17N5O3S/c1-12(23(2)11-17-20-15-5-3-4-6-16(15)28-17)18-21-22-19(27-18)13-7-9-14(10-8-13)24(25)26/h3-10,12H,11H2,1-2H3/p+1/t12-/m1/s1. The fraction of sp³-hybridized carbons (Fsp3) is 0.211. The molecule has 2 aromatic heterocycles. The molecular weight excluding hydrogens is 378 g/mol. The van der Waals surface area contributed by atoms with Gasteiger partial charge in [-0.25, -0.2) is 4.98 Å². The van der Waals surface area contributed by atoms with Crippen LogP contribution in [0, 0.1) is 10.1 Å². The summed E-state index contributed by atoms with van der Waals surface area (Å²) in [6.07, 6.45) is 0. The Morgan fingerprint density at radius 2 is 1.93 bits per heavy atom. The van der Waals surface area contributed by atoms with Gasteiger partial charge < -0.3 is 9.32 Å². The van der Waals surface area contributed by atoms with Gasteiger partial charge in [0.15, 0.2) is 6.04 Å². The third-order valence-electron chi connectivity index (χ3n) is 4.64.